The molecule has 112 valence electrons. The van der Waals surface area contributed by atoms with Crippen LogP contribution in [-0.4, -0.2) is 0 Å². The lowest BCUT2D eigenvalue weighted by Crippen LogP contribution is -2.01. The molecular weight excluding hydrogens is 305 g/mol. The Labute approximate surface area is 135 Å². The van der Waals surface area contributed by atoms with Gasteiger partial charge in [0.05, 0.1) is 0 Å². The third-order valence-corrected chi connectivity index (χ3v) is 4.10. The molecule has 2 nitrogen and oxygen atoms in total. The van der Waals surface area contributed by atoms with Crippen LogP contribution in [0.3, 0.4) is 0 Å². The molecule has 0 amide bonds. The van der Waals surface area contributed by atoms with Crippen molar-refractivity contribution in [1.29, 1.82) is 0 Å². The van der Waals surface area contributed by atoms with Crippen LogP contribution in [0.2, 0.25) is 10.0 Å². The molecule has 0 saturated carbocycles. The van der Waals surface area contributed by atoms with Crippen LogP contribution in [-0.2, 0) is 6.54 Å². The zero-order valence-corrected chi connectivity index (χ0v) is 13.9. The summed E-state index contributed by atoms with van der Waals surface area (Å²) in [4.78, 5) is 0. The van der Waals surface area contributed by atoms with Crippen molar-refractivity contribution in [3.63, 3.8) is 0 Å². The van der Waals surface area contributed by atoms with Crippen molar-refractivity contribution in [2.24, 2.45) is 5.73 Å². The highest BCUT2D eigenvalue weighted by molar-refractivity contribution is 6.31. The van der Waals surface area contributed by atoms with Gasteiger partial charge in [0.25, 0.3) is 0 Å². The first-order valence-corrected chi connectivity index (χ1v) is 7.65. The van der Waals surface area contributed by atoms with Crippen molar-refractivity contribution in [3.05, 3.63) is 57.1 Å². The molecule has 0 aliphatic rings. The Hall–Kier alpha value is -1.22. The SMILES string of the molecule is Cc1cc(Cl)c(C(C)C)cc1Oc1cccc(Cl)c1CN. The maximum atomic E-state index is 6.29. The maximum absolute atomic E-state index is 6.29. The van der Waals surface area contributed by atoms with Crippen LogP contribution >= 0.6 is 23.2 Å². The molecule has 0 saturated heterocycles. The zero-order chi connectivity index (χ0) is 15.6. The highest BCUT2D eigenvalue weighted by Crippen LogP contribution is 2.36. The van der Waals surface area contributed by atoms with Crippen LogP contribution < -0.4 is 10.5 Å². The van der Waals surface area contributed by atoms with E-state index < -0.39 is 0 Å². The Morgan fingerprint density at radius 1 is 1.10 bits per heavy atom. The summed E-state index contributed by atoms with van der Waals surface area (Å²) in [5, 5.41) is 1.38. The van der Waals surface area contributed by atoms with Crippen molar-refractivity contribution in [2.45, 2.75) is 33.2 Å². The molecule has 0 bridgehead atoms. The summed E-state index contributed by atoms with van der Waals surface area (Å²) in [5.41, 5.74) is 8.61. The second-order valence-electron chi connectivity index (χ2n) is 5.32. The van der Waals surface area contributed by atoms with E-state index in [0.29, 0.717) is 23.2 Å². The summed E-state index contributed by atoms with van der Waals surface area (Å²) in [6.45, 7) is 6.51. The third kappa shape index (κ3) is 3.52. The number of hydrogen-bond acceptors (Lipinski definition) is 2. The predicted octanol–water partition coefficient (Wildman–Crippen LogP) is 5.68. The quantitative estimate of drug-likeness (QED) is 0.785. The average molecular weight is 324 g/mol. The van der Waals surface area contributed by atoms with Gasteiger partial charge in [0, 0.05) is 22.2 Å². The number of aryl methyl sites for hydroxylation is 1. The van der Waals surface area contributed by atoms with Gasteiger partial charge in [-0.1, -0.05) is 43.1 Å². The molecule has 0 atom stereocenters. The highest BCUT2D eigenvalue weighted by Gasteiger charge is 2.13. The second-order valence-corrected chi connectivity index (χ2v) is 6.13. The van der Waals surface area contributed by atoms with Crippen molar-refractivity contribution >= 4 is 23.2 Å². The maximum Gasteiger partial charge on any atom is 0.133 e. The number of nitrogens with two attached hydrogens (primary N) is 1. The molecule has 0 aromatic heterocycles. The largest absolute Gasteiger partial charge is 0.457 e. The summed E-state index contributed by atoms with van der Waals surface area (Å²) in [7, 11) is 0. The molecule has 2 rings (SSSR count). The normalized spacial score (nSPS) is 11.0. The molecule has 2 aromatic carbocycles. The van der Waals surface area contributed by atoms with E-state index >= 15 is 0 Å². The van der Waals surface area contributed by atoms with E-state index in [0.717, 1.165) is 27.5 Å². The van der Waals surface area contributed by atoms with E-state index in [1.807, 2.05) is 37.3 Å². The molecule has 21 heavy (non-hydrogen) atoms. The number of benzene rings is 2. The fraction of sp³-hybridized carbons (Fsp3) is 0.294. The van der Waals surface area contributed by atoms with E-state index in [-0.39, 0.29) is 0 Å². The summed E-state index contributed by atoms with van der Waals surface area (Å²) < 4.78 is 6.03. The molecule has 0 radical (unpaired) electrons. The monoisotopic (exact) mass is 323 g/mol. The van der Waals surface area contributed by atoms with Gasteiger partial charge in [-0.15, -0.1) is 0 Å². The Kier molecular flexibility index (Phi) is 5.15. The average Bonchev–Trinajstić information content (AvgIpc) is 2.41. The lowest BCUT2D eigenvalue weighted by atomic mass is 10.0. The van der Waals surface area contributed by atoms with E-state index in [9.17, 15) is 0 Å². The zero-order valence-electron chi connectivity index (χ0n) is 12.4. The van der Waals surface area contributed by atoms with Gasteiger partial charge in [0.15, 0.2) is 0 Å². The van der Waals surface area contributed by atoms with Crippen molar-refractivity contribution in [3.8, 4) is 11.5 Å². The van der Waals surface area contributed by atoms with Crippen LogP contribution in [0.5, 0.6) is 11.5 Å². The standard InChI is InChI=1S/C17H19Cl2NO/c1-10(2)12-8-17(11(3)7-15(12)19)21-16-6-4-5-14(18)13(16)9-20/h4-8,10H,9,20H2,1-3H3. The van der Waals surface area contributed by atoms with E-state index in [1.54, 1.807) is 0 Å². The molecule has 0 aliphatic heterocycles. The molecule has 4 heteroatoms. The summed E-state index contributed by atoms with van der Waals surface area (Å²) >= 11 is 12.4. The molecule has 0 aliphatic carbocycles. The fourth-order valence-corrected chi connectivity index (χ4v) is 2.85. The van der Waals surface area contributed by atoms with E-state index in [2.05, 4.69) is 13.8 Å². The Balaban J connectivity index is 2.45. The molecule has 2 aromatic rings. The number of rotatable bonds is 4. The van der Waals surface area contributed by atoms with E-state index in [4.69, 9.17) is 33.7 Å². The number of ether oxygens (including phenoxy) is 1. The minimum absolute atomic E-state index is 0.328. The number of halogens is 2. The first-order chi connectivity index (χ1) is 9.93. The minimum Gasteiger partial charge on any atom is -0.457 e. The van der Waals surface area contributed by atoms with Crippen molar-refractivity contribution in [1.82, 2.24) is 0 Å². The minimum atomic E-state index is 0.328. The predicted molar refractivity (Wildman–Crippen MR) is 89.7 cm³/mol. The van der Waals surface area contributed by atoms with Crippen molar-refractivity contribution < 1.29 is 4.74 Å². The van der Waals surface area contributed by atoms with Crippen molar-refractivity contribution in [2.75, 3.05) is 0 Å². The molecular formula is C17H19Cl2NO. The second kappa shape index (κ2) is 6.69. The van der Waals surface area contributed by atoms with Crippen LogP contribution in [0.1, 0.15) is 36.5 Å². The topological polar surface area (TPSA) is 35.2 Å². The Bertz CT molecular complexity index is 653. The summed E-state index contributed by atoms with van der Waals surface area (Å²) in [6, 6.07) is 9.45. The molecule has 0 spiro atoms. The molecule has 0 heterocycles. The third-order valence-electron chi connectivity index (χ3n) is 3.42. The molecule has 2 N–H and O–H groups in total. The lowest BCUT2D eigenvalue weighted by Gasteiger charge is -2.16. The van der Waals surface area contributed by atoms with Gasteiger partial charge < -0.3 is 10.5 Å². The van der Waals surface area contributed by atoms with Crippen LogP contribution in [0.25, 0.3) is 0 Å². The van der Waals surface area contributed by atoms with Gasteiger partial charge in [-0.2, -0.15) is 0 Å². The number of hydrogen-bond donors (Lipinski definition) is 1. The first-order valence-electron chi connectivity index (χ1n) is 6.89. The van der Waals surface area contributed by atoms with Crippen LogP contribution in [0.15, 0.2) is 30.3 Å². The van der Waals surface area contributed by atoms with Crippen LogP contribution in [0, 0.1) is 6.92 Å². The van der Waals surface area contributed by atoms with Gasteiger partial charge in [-0.05, 0) is 48.2 Å². The fourth-order valence-electron chi connectivity index (χ4n) is 2.17. The van der Waals surface area contributed by atoms with Crippen LogP contribution in [0.4, 0.5) is 0 Å². The lowest BCUT2D eigenvalue weighted by molar-refractivity contribution is 0.472. The van der Waals surface area contributed by atoms with Gasteiger partial charge in [-0.25, -0.2) is 0 Å². The highest BCUT2D eigenvalue weighted by atomic mass is 35.5. The van der Waals surface area contributed by atoms with E-state index in [1.165, 1.54) is 0 Å². The Morgan fingerprint density at radius 3 is 2.43 bits per heavy atom. The van der Waals surface area contributed by atoms with Gasteiger partial charge >= 0.3 is 0 Å². The molecule has 0 fully saturated rings. The summed E-state index contributed by atoms with van der Waals surface area (Å²) in [5.74, 6) is 1.79. The van der Waals surface area contributed by atoms with Gasteiger partial charge in [0.2, 0.25) is 0 Å². The van der Waals surface area contributed by atoms with Gasteiger partial charge in [-0.3, -0.25) is 0 Å². The summed E-state index contributed by atoms with van der Waals surface area (Å²) in [6.07, 6.45) is 0. The molecule has 0 unspecified atom stereocenters. The smallest absolute Gasteiger partial charge is 0.133 e. The first kappa shape index (κ1) is 16.2. The Morgan fingerprint density at radius 2 is 1.81 bits per heavy atom. The van der Waals surface area contributed by atoms with Gasteiger partial charge in [0.1, 0.15) is 11.5 Å².